The SMILES string of the molecule is COCCOCC(=O)N1CCC2(CC1)C[C@@H](N(C)c1ccc(F)cc1)CO2. The van der Waals surface area contributed by atoms with Gasteiger partial charge in [-0.2, -0.15) is 0 Å². The van der Waals surface area contributed by atoms with E-state index in [0.717, 1.165) is 24.9 Å². The fraction of sp³-hybridized carbons (Fsp3) is 0.650. The fourth-order valence-electron chi connectivity index (χ4n) is 3.86. The quantitative estimate of drug-likeness (QED) is 0.678. The first-order valence-electron chi connectivity index (χ1n) is 9.50. The molecule has 1 atom stereocenters. The molecule has 0 unspecified atom stereocenters. The van der Waals surface area contributed by atoms with Crippen molar-refractivity contribution in [2.45, 2.75) is 30.9 Å². The molecule has 1 amide bonds. The first kappa shape index (κ1) is 20.0. The summed E-state index contributed by atoms with van der Waals surface area (Å²) in [5.41, 5.74) is 0.829. The first-order chi connectivity index (χ1) is 13.0. The van der Waals surface area contributed by atoms with Crippen molar-refractivity contribution in [1.82, 2.24) is 4.90 Å². The maximum absolute atomic E-state index is 13.1. The zero-order valence-electron chi connectivity index (χ0n) is 16.2. The highest BCUT2D eigenvalue weighted by atomic mass is 19.1. The van der Waals surface area contributed by atoms with Gasteiger partial charge in [-0.1, -0.05) is 0 Å². The van der Waals surface area contributed by atoms with Crippen LogP contribution in [0.15, 0.2) is 24.3 Å². The second kappa shape index (κ2) is 8.99. The van der Waals surface area contributed by atoms with Crippen LogP contribution in [0.5, 0.6) is 0 Å². The second-order valence-electron chi connectivity index (χ2n) is 7.37. The molecule has 1 aromatic carbocycles. The summed E-state index contributed by atoms with van der Waals surface area (Å²) in [5.74, 6) is -0.200. The number of hydrogen-bond donors (Lipinski definition) is 0. The van der Waals surface area contributed by atoms with E-state index in [2.05, 4.69) is 4.90 Å². The third kappa shape index (κ3) is 4.97. The highest BCUT2D eigenvalue weighted by Gasteiger charge is 2.44. The number of amides is 1. The van der Waals surface area contributed by atoms with E-state index in [1.807, 2.05) is 11.9 Å². The highest BCUT2D eigenvalue weighted by Crippen LogP contribution is 2.38. The van der Waals surface area contributed by atoms with Crippen LogP contribution in [0.4, 0.5) is 10.1 Å². The molecule has 2 saturated heterocycles. The molecule has 0 radical (unpaired) electrons. The summed E-state index contributed by atoms with van der Waals surface area (Å²) in [6.45, 7) is 3.07. The van der Waals surface area contributed by atoms with Gasteiger partial charge in [0.05, 0.1) is 31.5 Å². The molecule has 27 heavy (non-hydrogen) atoms. The molecule has 0 aromatic heterocycles. The van der Waals surface area contributed by atoms with E-state index in [1.54, 1.807) is 19.2 Å². The summed E-state index contributed by atoms with van der Waals surface area (Å²) < 4.78 is 29.6. The van der Waals surface area contributed by atoms with Gasteiger partial charge in [0.25, 0.3) is 0 Å². The van der Waals surface area contributed by atoms with Crippen LogP contribution in [0.2, 0.25) is 0 Å². The van der Waals surface area contributed by atoms with E-state index < -0.39 is 0 Å². The predicted molar refractivity (Wildman–Crippen MR) is 100 cm³/mol. The third-order valence-corrected chi connectivity index (χ3v) is 5.66. The zero-order chi connectivity index (χ0) is 19.3. The summed E-state index contributed by atoms with van der Waals surface area (Å²) in [6, 6.07) is 6.82. The number of carbonyl (C=O) groups is 1. The predicted octanol–water partition coefficient (Wildman–Crippen LogP) is 2.08. The number of rotatable bonds is 7. The Morgan fingerprint density at radius 3 is 2.67 bits per heavy atom. The van der Waals surface area contributed by atoms with Crippen LogP contribution < -0.4 is 4.90 Å². The van der Waals surface area contributed by atoms with Crippen molar-refractivity contribution in [3.05, 3.63) is 30.1 Å². The molecule has 150 valence electrons. The first-order valence-corrected chi connectivity index (χ1v) is 9.50. The van der Waals surface area contributed by atoms with Gasteiger partial charge in [-0.3, -0.25) is 4.79 Å². The minimum Gasteiger partial charge on any atom is -0.382 e. The molecule has 6 nitrogen and oxygen atoms in total. The minimum absolute atomic E-state index is 0.0268. The maximum Gasteiger partial charge on any atom is 0.248 e. The summed E-state index contributed by atoms with van der Waals surface area (Å²) in [7, 11) is 3.63. The van der Waals surface area contributed by atoms with Gasteiger partial charge in [-0.25, -0.2) is 4.39 Å². The molecule has 2 fully saturated rings. The Morgan fingerprint density at radius 2 is 2.00 bits per heavy atom. The largest absolute Gasteiger partial charge is 0.382 e. The van der Waals surface area contributed by atoms with E-state index in [-0.39, 0.29) is 30.0 Å². The fourth-order valence-corrected chi connectivity index (χ4v) is 3.86. The average Bonchev–Trinajstić information content (AvgIpc) is 3.09. The summed E-state index contributed by atoms with van der Waals surface area (Å²) in [5, 5.41) is 0. The van der Waals surface area contributed by atoms with Crippen molar-refractivity contribution in [2.75, 3.05) is 58.6 Å². The summed E-state index contributed by atoms with van der Waals surface area (Å²) in [4.78, 5) is 16.3. The van der Waals surface area contributed by atoms with E-state index in [9.17, 15) is 9.18 Å². The Labute approximate surface area is 160 Å². The smallest absolute Gasteiger partial charge is 0.248 e. The van der Waals surface area contributed by atoms with E-state index >= 15 is 0 Å². The number of methoxy groups -OCH3 is 1. The Morgan fingerprint density at radius 1 is 1.30 bits per heavy atom. The van der Waals surface area contributed by atoms with Gasteiger partial charge < -0.3 is 24.0 Å². The number of halogens is 1. The normalized spacial score (nSPS) is 21.6. The lowest BCUT2D eigenvalue weighted by atomic mass is 9.87. The number of hydrogen-bond acceptors (Lipinski definition) is 5. The molecule has 7 heteroatoms. The van der Waals surface area contributed by atoms with Gasteiger partial charge in [0.2, 0.25) is 5.91 Å². The van der Waals surface area contributed by atoms with Gasteiger partial charge in [0.1, 0.15) is 12.4 Å². The monoisotopic (exact) mass is 380 g/mol. The number of nitrogens with zero attached hydrogens (tertiary/aromatic N) is 2. The highest BCUT2D eigenvalue weighted by molar-refractivity contribution is 5.77. The van der Waals surface area contributed by atoms with Crippen molar-refractivity contribution < 1.29 is 23.4 Å². The molecule has 2 aliphatic rings. The van der Waals surface area contributed by atoms with Gasteiger partial charge >= 0.3 is 0 Å². The molecular formula is C20H29FN2O4. The Kier molecular flexibility index (Phi) is 6.68. The Hall–Kier alpha value is -1.70. The molecule has 1 spiro atoms. The Balaban J connectivity index is 1.47. The van der Waals surface area contributed by atoms with Crippen LogP contribution in [-0.2, 0) is 19.0 Å². The van der Waals surface area contributed by atoms with Crippen LogP contribution in [0.3, 0.4) is 0 Å². The molecule has 0 saturated carbocycles. The summed E-state index contributed by atoms with van der Waals surface area (Å²) >= 11 is 0. The topological polar surface area (TPSA) is 51.2 Å². The third-order valence-electron chi connectivity index (χ3n) is 5.66. The van der Waals surface area contributed by atoms with Crippen LogP contribution >= 0.6 is 0 Å². The lowest BCUT2D eigenvalue weighted by Gasteiger charge is -2.39. The number of anilines is 1. The Bertz CT molecular complexity index is 617. The minimum atomic E-state index is -0.227. The van der Waals surface area contributed by atoms with Gasteiger partial charge in [0, 0.05) is 32.9 Å². The lowest BCUT2D eigenvalue weighted by Crippen LogP contribution is -2.48. The standard InChI is InChI=1S/C20H29FN2O4/c1-22(17-5-3-16(21)4-6-17)18-13-20(27-14-18)7-9-23(10-8-20)19(24)15-26-12-11-25-2/h3-6,18H,7-15H2,1-2H3/t18-/m1/s1. The number of likely N-dealkylation sites (tertiary alicyclic amines) is 1. The van der Waals surface area contributed by atoms with E-state index in [0.29, 0.717) is 32.9 Å². The molecule has 3 rings (SSSR count). The van der Waals surface area contributed by atoms with Crippen molar-refractivity contribution in [1.29, 1.82) is 0 Å². The van der Waals surface area contributed by atoms with Crippen LogP contribution in [0, 0.1) is 5.82 Å². The number of likely N-dealkylation sites (N-methyl/N-ethyl adjacent to an activating group) is 1. The van der Waals surface area contributed by atoms with Crippen LogP contribution in [0.25, 0.3) is 0 Å². The average molecular weight is 380 g/mol. The molecule has 0 bridgehead atoms. The van der Waals surface area contributed by atoms with Crippen molar-refractivity contribution >= 4 is 11.6 Å². The second-order valence-corrected chi connectivity index (χ2v) is 7.37. The number of ether oxygens (including phenoxy) is 3. The van der Waals surface area contributed by atoms with Gasteiger partial charge in [-0.15, -0.1) is 0 Å². The van der Waals surface area contributed by atoms with E-state index in [4.69, 9.17) is 14.2 Å². The van der Waals surface area contributed by atoms with Crippen LogP contribution in [0.1, 0.15) is 19.3 Å². The van der Waals surface area contributed by atoms with E-state index in [1.165, 1.54) is 12.1 Å². The van der Waals surface area contributed by atoms with Crippen molar-refractivity contribution in [3.63, 3.8) is 0 Å². The number of carbonyl (C=O) groups excluding carboxylic acids is 1. The molecule has 1 aromatic rings. The number of benzene rings is 1. The number of piperidine rings is 1. The lowest BCUT2D eigenvalue weighted by molar-refractivity contribution is -0.141. The van der Waals surface area contributed by atoms with Gasteiger partial charge in [0.15, 0.2) is 0 Å². The molecule has 2 aliphatic heterocycles. The van der Waals surface area contributed by atoms with Crippen LogP contribution in [-0.4, -0.2) is 76.1 Å². The van der Waals surface area contributed by atoms with Crippen molar-refractivity contribution in [3.8, 4) is 0 Å². The molecule has 2 heterocycles. The molecule has 0 N–H and O–H groups in total. The summed E-state index contributed by atoms with van der Waals surface area (Å²) in [6.07, 6.45) is 2.60. The molecular weight excluding hydrogens is 351 g/mol. The maximum atomic E-state index is 13.1. The van der Waals surface area contributed by atoms with Crippen molar-refractivity contribution in [2.24, 2.45) is 0 Å². The van der Waals surface area contributed by atoms with Gasteiger partial charge in [-0.05, 0) is 43.5 Å². The molecule has 0 aliphatic carbocycles. The zero-order valence-corrected chi connectivity index (χ0v) is 16.2.